The average molecular weight is 299 g/mol. The van der Waals surface area contributed by atoms with Crippen LogP contribution in [0.1, 0.15) is 16.7 Å². The lowest BCUT2D eigenvalue weighted by molar-refractivity contribution is -0.129. The van der Waals surface area contributed by atoms with Crippen LogP contribution in [0.2, 0.25) is 0 Å². The van der Waals surface area contributed by atoms with E-state index in [0.29, 0.717) is 11.3 Å². The number of rotatable bonds is 5. The summed E-state index contributed by atoms with van der Waals surface area (Å²) < 4.78 is 5.83. The van der Waals surface area contributed by atoms with Crippen molar-refractivity contribution in [2.75, 3.05) is 7.11 Å². The van der Waals surface area contributed by atoms with Gasteiger partial charge >= 0.3 is 5.97 Å². The van der Waals surface area contributed by atoms with E-state index in [2.05, 4.69) is 9.99 Å². The van der Waals surface area contributed by atoms with E-state index in [1.165, 1.54) is 7.11 Å². The molecule has 2 aromatic carbocycles. The number of carboxylic acid groups (broad SMARTS) is 1. The highest BCUT2D eigenvalue weighted by molar-refractivity contribution is 6.42. The first-order chi connectivity index (χ1) is 10.5. The maximum absolute atomic E-state index is 11.2. The van der Waals surface area contributed by atoms with Crippen molar-refractivity contribution in [1.82, 2.24) is 0 Å². The van der Waals surface area contributed by atoms with Crippen LogP contribution in [0.3, 0.4) is 0 Å². The van der Waals surface area contributed by atoms with E-state index in [4.69, 9.17) is 4.74 Å². The second kappa shape index (κ2) is 6.76. The highest BCUT2D eigenvalue weighted by Gasteiger charge is 2.16. The van der Waals surface area contributed by atoms with Crippen LogP contribution in [0.5, 0.6) is 11.5 Å². The normalized spacial score (nSPS) is 11.1. The highest BCUT2D eigenvalue weighted by atomic mass is 16.6. The SMILES string of the molecule is CO/N=C(/C(=O)O)c1ccc(Oc2ccccc2C)cc1C. The molecule has 0 heterocycles. The number of oxime groups is 1. The number of benzene rings is 2. The van der Waals surface area contributed by atoms with Gasteiger partial charge in [0, 0.05) is 5.56 Å². The maximum atomic E-state index is 11.2. The molecule has 0 atom stereocenters. The number of ether oxygens (including phenoxy) is 1. The van der Waals surface area contributed by atoms with Crippen molar-refractivity contribution in [3.63, 3.8) is 0 Å². The molecule has 2 aromatic rings. The van der Waals surface area contributed by atoms with E-state index in [-0.39, 0.29) is 5.71 Å². The minimum Gasteiger partial charge on any atom is -0.476 e. The lowest BCUT2D eigenvalue weighted by atomic mass is 10.0. The Morgan fingerprint density at radius 3 is 2.41 bits per heavy atom. The molecule has 1 N–H and O–H groups in total. The molecule has 0 bridgehead atoms. The third kappa shape index (κ3) is 3.44. The second-order valence-electron chi connectivity index (χ2n) is 4.77. The second-order valence-corrected chi connectivity index (χ2v) is 4.77. The summed E-state index contributed by atoms with van der Waals surface area (Å²) in [6, 6.07) is 12.8. The molecule has 0 aliphatic carbocycles. The molecular formula is C17H17NO4. The van der Waals surface area contributed by atoms with Crippen molar-refractivity contribution in [3.8, 4) is 11.5 Å². The van der Waals surface area contributed by atoms with Gasteiger partial charge < -0.3 is 14.7 Å². The quantitative estimate of drug-likeness (QED) is 0.677. The van der Waals surface area contributed by atoms with Crippen molar-refractivity contribution >= 4 is 11.7 Å². The fraction of sp³-hybridized carbons (Fsp3) is 0.176. The van der Waals surface area contributed by atoms with E-state index in [0.717, 1.165) is 16.9 Å². The average Bonchev–Trinajstić information content (AvgIpc) is 2.48. The molecule has 0 aromatic heterocycles. The molecule has 22 heavy (non-hydrogen) atoms. The Morgan fingerprint density at radius 1 is 1.09 bits per heavy atom. The summed E-state index contributed by atoms with van der Waals surface area (Å²) in [5.41, 5.74) is 2.12. The summed E-state index contributed by atoms with van der Waals surface area (Å²) in [6.45, 7) is 3.76. The van der Waals surface area contributed by atoms with Gasteiger partial charge in [0.05, 0.1) is 0 Å². The van der Waals surface area contributed by atoms with Crippen molar-refractivity contribution in [2.45, 2.75) is 13.8 Å². The smallest absolute Gasteiger partial charge is 0.358 e. The standard InChI is InChI=1S/C17H17NO4/c1-11-6-4-5-7-15(11)22-13-8-9-14(12(2)10-13)16(17(19)20)18-21-3/h4-10H,1-3H3,(H,19,20)/b18-16+. The number of nitrogens with zero attached hydrogens (tertiary/aromatic N) is 1. The number of hydrogen-bond acceptors (Lipinski definition) is 4. The fourth-order valence-electron chi connectivity index (χ4n) is 2.06. The number of para-hydroxylation sites is 1. The number of carboxylic acids is 1. The van der Waals surface area contributed by atoms with Crippen molar-refractivity contribution in [3.05, 3.63) is 59.2 Å². The van der Waals surface area contributed by atoms with Gasteiger partial charge in [-0.05, 0) is 49.2 Å². The fourth-order valence-corrected chi connectivity index (χ4v) is 2.06. The Balaban J connectivity index is 2.32. The number of aryl methyl sites for hydroxylation is 2. The van der Waals surface area contributed by atoms with Crippen LogP contribution >= 0.6 is 0 Å². The molecule has 0 saturated carbocycles. The van der Waals surface area contributed by atoms with E-state index in [1.54, 1.807) is 25.1 Å². The highest BCUT2D eigenvalue weighted by Crippen LogP contribution is 2.26. The van der Waals surface area contributed by atoms with Gasteiger partial charge in [0.1, 0.15) is 18.6 Å². The van der Waals surface area contributed by atoms with Gasteiger partial charge in [-0.2, -0.15) is 0 Å². The van der Waals surface area contributed by atoms with Crippen molar-refractivity contribution in [1.29, 1.82) is 0 Å². The molecule has 0 spiro atoms. The summed E-state index contributed by atoms with van der Waals surface area (Å²) in [5.74, 6) is 0.258. The lowest BCUT2D eigenvalue weighted by Gasteiger charge is -2.11. The third-order valence-electron chi connectivity index (χ3n) is 3.16. The molecule has 5 nitrogen and oxygen atoms in total. The zero-order valence-corrected chi connectivity index (χ0v) is 12.7. The lowest BCUT2D eigenvalue weighted by Crippen LogP contribution is -2.16. The van der Waals surface area contributed by atoms with Gasteiger partial charge in [-0.3, -0.25) is 0 Å². The van der Waals surface area contributed by atoms with E-state index in [9.17, 15) is 9.90 Å². The zero-order chi connectivity index (χ0) is 16.1. The molecule has 0 unspecified atom stereocenters. The van der Waals surface area contributed by atoms with Gasteiger partial charge in [0.25, 0.3) is 0 Å². The predicted octanol–water partition coefficient (Wildman–Crippen LogP) is 3.53. The van der Waals surface area contributed by atoms with Crippen LogP contribution in [0, 0.1) is 13.8 Å². The minimum absolute atomic E-state index is 0.137. The number of hydrogen-bond donors (Lipinski definition) is 1. The molecule has 0 saturated heterocycles. The summed E-state index contributed by atoms with van der Waals surface area (Å²) >= 11 is 0. The number of aliphatic carboxylic acids is 1. The summed E-state index contributed by atoms with van der Waals surface area (Å²) in [6.07, 6.45) is 0. The summed E-state index contributed by atoms with van der Waals surface area (Å²) in [5, 5.41) is 12.7. The van der Waals surface area contributed by atoms with Crippen LogP contribution in [-0.2, 0) is 9.63 Å². The Hall–Kier alpha value is -2.82. The summed E-state index contributed by atoms with van der Waals surface area (Å²) in [4.78, 5) is 15.8. The van der Waals surface area contributed by atoms with Crippen LogP contribution in [0.15, 0.2) is 47.6 Å². The first-order valence-corrected chi connectivity index (χ1v) is 6.72. The maximum Gasteiger partial charge on any atom is 0.358 e. The topological polar surface area (TPSA) is 68.1 Å². The van der Waals surface area contributed by atoms with Gasteiger partial charge in [0.15, 0.2) is 5.71 Å². The van der Waals surface area contributed by atoms with Gasteiger partial charge in [-0.1, -0.05) is 23.4 Å². The Labute approximate surface area is 128 Å². The van der Waals surface area contributed by atoms with Gasteiger partial charge in [0.2, 0.25) is 0 Å². The van der Waals surface area contributed by atoms with E-state index < -0.39 is 5.97 Å². The molecular weight excluding hydrogens is 282 g/mol. The largest absolute Gasteiger partial charge is 0.476 e. The summed E-state index contributed by atoms with van der Waals surface area (Å²) in [7, 11) is 1.31. The predicted molar refractivity (Wildman–Crippen MR) is 83.6 cm³/mol. The van der Waals surface area contributed by atoms with Gasteiger partial charge in [-0.15, -0.1) is 0 Å². The Morgan fingerprint density at radius 2 is 1.82 bits per heavy atom. The van der Waals surface area contributed by atoms with Crippen molar-refractivity contribution in [2.24, 2.45) is 5.16 Å². The van der Waals surface area contributed by atoms with Crippen LogP contribution < -0.4 is 4.74 Å². The molecule has 0 aliphatic heterocycles. The van der Waals surface area contributed by atoms with Crippen LogP contribution in [0.4, 0.5) is 0 Å². The van der Waals surface area contributed by atoms with Gasteiger partial charge in [-0.25, -0.2) is 4.79 Å². The molecule has 5 heteroatoms. The van der Waals surface area contributed by atoms with Crippen LogP contribution in [0.25, 0.3) is 0 Å². The minimum atomic E-state index is -1.14. The van der Waals surface area contributed by atoms with Crippen molar-refractivity contribution < 1.29 is 19.5 Å². The Bertz CT molecular complexity index is 722. The molecule has 114 valence electrons. The molecule has 0 amide bonds. The van der Waals surface area contributed by atoms with E-state index in [1.807, 2.05) is 31.2 Å². The first-order valence-electron chi connectivity index (χ1n) is 6.72. The zero-order valence-electron chi connectivity index (χ0n) is 12.7. The molecule has 0 radical (unpaired) electrons. The third-order valence-corrected chi connectivity index (χ3v) is 3.16. The Kier molecular flexibility index (Phi) is 4.78. The molecule has 2 rings (SSSR count). The van der Waals surface area contributed by atoms with Crippen LogP contribution in [-0.4, -0.2) is 23.9 Å². The number of carbonyl (C=O) groups is 1. The molecule has 0 fully saturated rings. The first kappa shape index (κ1) is 15.6. The monoisotopic (exact) mass is 299 g/mol. The van der Waals surface area contributed by atoms with E-state index >= 15 is 0 Å². The molecule has 0 aliphatic rings.